The number of aryl methyl sites for hydroxylation is 1. The van der Waals surface area contributed by atoms with Crippen LogP contribution in [0, 0.1) is 23.0 Å². The molecule has 0 saturated carbocycles. The maximum absolute atomic E-state index is 12.8. The van der Waals surface area contributed by atoms with Crippen LogP contribution in [0.4, 0.5) is 24.5 Å². The van der Waals surface area contributed by atoms with Gasteiger partial charge < -0.3 is 5.32 Å². The van der Waals surface area contributed by atoms with E-state index in [-0.39, 0.29) is 17.9 Å². The summed E-state index contributed by atoms with van der Waals surface area (Å²) in [5.74, 6) is -1.47. The molecule has 9 nitrogen and oxygen atoms in total. The Hall–Kier alpha value is -2.92. The number of nitrogens with one attached hydrogen (secondary N) is 2. The van der Waals surface area contributed by atoms with Gasteiger partial charge in [0, 0.05) is 0 Å². The minimum Gasteiger partial charge on any atom is -0.322 e. The standard InChI is InChI=1S/C12H13F3N6O3/c1-6(4-20-5-8(3-16-20)21(23)24)11(22)17-9-7(2)18-19-10(9)12(13,14)15/h3,5-6H,4H2,1-2H3,(H,17,22)(H,18,19). The molecule has 0 aliphatic carbocycles. The van der Waals surface area contributed by atoms with Crippen LogP contribution >= 0.6 is 0 Å². The lowest BCUT2D eigenvalue weighted by molar-refractivity contribution is -0.385. The smallest absolute Gasteiger partial charge is 0.322 e. The highest BCUT2D eigenvalue weighted by Gasteiger charge is 2.38. The van der Waals surface area contributed by atoms with Crippen molar-refractivity contribution in [2.75, 3.05) is 5.32 Å². The summed E-state index contributed by atoms with van der Waals surface area (Å²) >= 11 is 0. The first kappa shape index (κ1) is 17.4. The number of H-pyrrole nitrogens is 1. The Balaban J connectivity index is 2.09. The van der Waals surface area contributed by atoms with E-state index >= 15 is 0 Å². The Morgan fingerprint density at radius 3 is 2.75 bits per heavy atom. The average Bonchev–Trinajstić information content (AvgIpc) is 3.06. The van der Waals surface area contributed by atoms with Crippen LogP contribution in [-0.4, -0.2) is 30.8 Å². The molecule has 0 aromatic carbocycles. The predicted molar refractivity (Wildman–Crippen MR) is 75.0 cm³/mol. The highest BCUT2D eigenvalue weighted by molar-refractivity contribution is 5.93. The van der Waals surface area contributed by atoms with Crippen molar-refractivity contribution < 1.29 is 22.9 Å². The first-order valence-corrected chi connectivity index (χ1v) is 6.69. The van der Waals surface area contributed by atoms with Crippen molar-refractivity contribution in [2.24, 2.45) is 5.92 Å². The minimum absolute atomic E-state index is 0.0298. The van der Waals surface area contributed by atoms with Gasteiger partial charge in [-0.2, -0.15) is 23.4 Å². The summed E-state index contributed by atoms with van der Waals surface area (Å²) in [6, 6.07) is 0. The second-order valence-electron chi connectivity index (χ2n) is 5.14. The van der Waals surface area contributed by atoms with Gasteiger partial charge in [0.25, 0.3) is 0 Å². The van der Waals surface area contributed by atoms with Crippen molar-refractivity contribution in [1.29, 1.82) is 0 Å². The Bertz CT molecular complexity index is 766. The number of aromatic amines is 1. The van der Waals surface area contributed by atoms with E-state index in [0.717, 1.165) is 12.4 Å². The Morgan fingerprint density at radius 1 is 1.54 bits per heavy atom. The highest BCUT2D eigenvalue weighted by Crippen LogP contribution is 2.34. The van der Waals surface area contributed by atoms with Crippen LogP contribution in [0.15, 0.2) is 12.4 Å². The average molecular weight is 346 g/mol. The number of hydrogen-bond donors (Lipinski definition) is 2. The van der Waals surface area contributed by atoms with E-state index in [1.54, 1.807) is 0 Å². The van der Waals surface area contributed by atoms with Gasteiger partial charge in [0.15, 0.2) is 5.69 Å². The number of carbonyl (C=O) groups excluding carboxylic acids is 1. The second kappa shape index (κ2) is 6.29. The number of rotatable bonds is 5. The van der Waals surface area contributed by atoms with Gasteiger partial charge in [-0.1, -0.05) is 6.92 Å². The molecule has 130 valence electrons. The molecular weight excluding hydrogens is 333 g/mol. The van der Waals surface area contributed by atoms with Gasteiger partial charge in [0.1, 0.15) is 12.4 Å². The molecule has 0 spiro atoms. The molecule has 2 aromatic heterocycles. The van der Waals surface area contributed by atoms with Gasteiger partial charge in [0.05, 0.1) is 28.8 Å². The second-order valence-corrected chi connectivity index (χ2v) is 5.14. The molecule has 1 amide bonds. The van der Waals surface area contributed by atoms with Crippen molar-refractivity contribution in [3.05, 3.63) is 33.9 Å². The molecule has 24 heavy (non-hydrogen) atoms. The third-order valence-corrected chi connectivity index (χ3v) is 3.20. The molecule has 0 fully saturated rings. The van der Waals surface area contributed by atoms with Crippen molar-refractivity contribution in [2.45, 2.75) is 26.6 Å². The zero-order valence-electron chi connectivity index (χ0n) is 12.6. The van der Waals surface area contributed by atoms with E-state index in [4.69, 9.17) is 0 Å². The summed E-state index contributed by atoms with van der Waals surface area (Å²) in [4.78, 5) is 22.0. The SMILES string of the molecule is Cc1[nH]nc(C(F)(F)F)c1NC(=O)C(C)Cn1cc([N+](=O)[O-])cn1. The number of nitro groups is 1. The van der Waals surface area contributed by atoms with Gasteiger partial charge in [-0.3, -0.25) is 24.7 Å². The van der Waals surface area contributed by atoms with Crippen LogP contribution < -0.4 is 5.32 Å². The van der Waals surface area contributed by atoms with Gasteiger partial charge in [0.2, 0.25) is 5.91 Å². The van der Waals surface area contributed by atoms with Crippen LogP contribution in [0.25, 0.3) is 0 Å². The van der Waals surface area contributed by atoms with Crippen molar-refractivity contribution in [1.82, 2.24) is 20.0 Å². The lowest BCUT2D eigenvalue weighted by Crippen LogP contribution is -2.26. The number of anilines is 1. The molecule has 2 rings (SSSR count). The van der Waals surface area contributed by atoms with Crippen molar-refractivity contribution in [3.8, 4) is 0 Å². The lowest BCUT2D eigenvalue weighted by Gasteiger charge is -2.13. The molecule has 2 N–H and O–H groups in total. The number of aromatic nitrogens is 4. The lowest BCUT2D eigenvalue weighted by atomic mass is 10.1. The van der Waals surface area contributed by atoms with Crippen LogP contribution in [0.5, 0.6) is 0 Å². The molecule has 1 atom stereocenters. The minimum atomic E-state index is -4.71. The quantitative estimate of drug-likeness (QED) is 0.635. The van der Waals surface area contributed by atoms with Crippen LogP contribution in [0.2, 0.25) is 0 Å². The molecule has 0 saturated heterocycles. The number of halogens is 3. The van der Waals surface area contributed by atoms with Gasteiger partial charge >= 0.3 is 11.9 Å². The fraction of sp³-hybridized carbons (Fsp3) is 0.417. The maximum atomic E-state index is 12.8. The zero-order valence-corrected chi connectivity index (χ0v) is 12.6. The molecule has 2 aromatic rings. The van der Waals surface area contributed by atoms with E-state index in [1.165, 1.54) is 18.5 Å². The van der Waals surface area contributed by atoms with Crippen molar-refractivity contribution >= 4 is 17.3 Å². The van der Waals surface area contributed by atoms with Crippen LogP contribution in [0.3, 0.4) is 0 Å². The predicted octanol–water partition coefficient (Wildman–Crippen LogP) is 2.12. The van der Waals surface area contributed by atoms with E-state index < -0.39 is 34.3 Å². The molecule has 12 heteroatoms. The molecule has 0 aliphatic heterocycles. The Morgan fingerprint density at radius 2 is 2.21 bits per heavy atom. The topological polar surface area (TPSA) is 119 Å². The summed E-state index contributed by atoms with van der Waals surface area (Å²) in [7, 11) is 0. The first-order chi connectivity index (χ1) is 11.1. The number of amides is 1. The van der Waals surface area contributed by atoms with E-state index in [1.807, 2.05) is 0 Å². The number of carbonyl (C=O) groups is 1. The summed E-state index contributed by atoms with van der Waals surface area (Å²) in [6.45, 7) is 2.78. The highest BCUT2D eigenvalue weighted by atomic mass is 19.4. The third kappa shape index (κ3) is 3.70. The third-order valence-electron chi connectivity index (χ3n) is 3.20. The van der Waals surface area contributed by atoms with Gasteiger partial charge in [-0.05, 0) is 6.92 Å². The molecule has 0 radical (unpaired) electrons. The first-order valence-electron chi connectivity index (χ1n) is 6.69. The number of nitrogens with zero attached hydrogens (tertiary/aromatic N) is 4. The fourth-order valence-electron chi connectivity index (χ4n) is 1.94. The summed E-state index contributed by atoms with van der Waals surface area (Å²) in [6.07, 6.45) is -2.56. The fourth-order valence-corrected chi connectivity index (χ4v) is 1.94. The summed E-state index contributed by atoms with van der Waals surface area (Å²) in [5, 5.41) is 21.8. The molecular formula is C12H13F3N6O3. The van der Waals surface area contributed by atoms with Crippen LogP contribution in [0.1, 0.15) is 18.3 Å². The normalized spacial score (nSPS) is 12.9. The maximum Gasteiger partial charge on any atom is 0.437 e. The zero-order chi connectivity index (χ0) is 18.1. The van der Waals surface area contributed by atoms with E-state index in [9.17, 15) is 28.1 Å². The number of alkyl halides is 3. The number of hydrogen-bond acceptors (Lipinski definition) is 5. The van der Waals surface area contributed by atoms with Crippen molar-refractivity contribution in [3.63, 3.8) is 0 Å². The summed E-state index contributed by atoms with van der Waals surface area (Å²) < 4.78 is 39.7. The van der Waals surface area contributed by atoms with Gasteiger partial charge in [-0.25, -0.2) is 0 Å². The monoisotopic (exact) mass is 346 g/mol. The van der Waals surface area contributed by atoms with E-state index in [0.29, 0.717) is 0 Å². The summed E-state index contributed by atoms with van der Waals surface area (Å²) in [5.41, 5.74) is -1.83. The van der Waals surface area contributed by atoms with Gasteiger partial charge in [-0.15, -0.1) is 0 Å². The molecule has 0 bridgehead atoms. The largest absolute Gasteiger partial charge is 0.437 e. The Kier molecular flexibility index (Phi) is 4.57. The molecule has 0 aliphatic rings. The molecule has 2 heterocycles. The van der Waals surface area contributed by atoms with Crippen LogP contribution in [-0.2, 0) is 17.5 Å². The molecule has 1 unspecified atom stereocenters. The Labute approximate surface area is 133 Å². The van der Waals surface area contributed by atoms with E-state index in [2.05, 4.69) is 20.6 Å².